The van der Waals surface area contributed by atoms with Crippen LogP contribution >= 0.6 is 0 Å². The summed E-state index contributed by atoms with van der Waals surface area (Å²) in [7, 11) is 0. The van der Waals surface area contributed by atoms with Crippen LogP contribution in [0.5, 0.6) is 0 Å². The molecule has 64 heavy (non-hydrogen) atoms. The summed E-state index contributed by atoms with van der Waals surface area (Å²) in [5.41, 5.74) is 21.9. The summed E-state index contributed by atoms with van der Waals surface area (Å²) in [4.78, 5) is 4.95. The van der Waals surface area contributed by atoms with Gasteiger partial charge in [0.2, 0.25) is 0 Å². The number of para-hydroxylation sites is 3. The lowest BCUT2D eigenvalue weighted by Gasteiger charge is -2.33. The monoisotopic (exact) mass is 816 g/mol. The van der Waals surface area contributed by atoms with Gasteiger partial charge in [-0.2, -0.15) is 0 Å². The number of hydrogen-bond donors (Lipinski definition) is 0. The summed E-state index contributed by atoms with van der Waals surface area (Å²) in [5.74, 6) is 0. The average Bonchev–Trinajstić information content (AvgIpc) is 3.91. The van der Waals surface area contributed by atoms with E-state index in [1.807, 2.05) is 0 Å². The summed E-state index contributed by atoms with van der Waals surface area (Å²) >= 11 is 0. The van der Waals surface area contributed by atoms with E-state index < -0.39 is 5.41 Å². The molecule has 1 spiro atoms. The molecule has 0 aliphatic heterocycles. The second-order valence-electron chi connectivity index (χ2n) is 18.0. The molecule has 0 heterocycles. The number of rotatable bonds is 6. The maximum Gasteiger partial charge on any atom is 0.0727 e. The van der Waals surface area contributed by atoms with Gasteiger partial charge in [-0.1, -0.05) is 184 Å². The largest absolute Gasteiger partial charge is 0.310 e. The Morgan fingerprint density at radius 1 is 0.281 bits per heavy atom. The highest BCUT2D eigenvalue weighted by Gasteiger charge is 2.53. The fraction of sp³-hybridized carbons (Fsp3) is 0.0645. The van der Waals surface area contributed by atoms with Crippen LogP contribution in [0.3, 0.4) is 0 Å². The van der Waals surface area contributed by atoms with Crippen molar-refractivity contribution in [3.05, 3.63) is 264 Å². The van der Waals surface area contributed by atoms with Crippen LogP contribution in [0.2, 0.25) is 0 Å². The smallest absolute Gasteiger partial charge is 0.0727 e. The highest BCUT2D eigenvalue weighted by molar-refractivity contribution is 6.13. The number of benzene rings is 10. The van der Waals surface area contributed by atoms with Gasteiger partial charge in [-0.25, -0.2) is 0 Å². The van der Waals surface area contributed by atoms with Crippen LogP contribution < -0.4 is 9.80 Å². The molecule has 2 nitrogen and oxygen atoms in total. The number of hydrogen-bond acceptors (Lipinski definition) is 2. The maximum atomic E-state index is 2.53. The molecule has 302 valence electrons. The van der Waals surface area contributed by atoms with E-state index in [9.17, 15) is 0 Å². The van der Waals surface area contributed by atoms with E-state index in [4.69, 9.17) is 0 Å². The molecule has 0 aromatic heterocycles. The first kappa shape index (κ1) is 36.7. The Labute approximate surface area is 375 Å². The van der Waals surface area contributed by atoms with Gasteiger partial charge in [-0.3, -0.25) is 0 Å². The molecule has 3 aliphatic carbocycles. The van der Waals surface area contributed by atoms with Gasteiger partial charge < -0.3 is 9.80 Å². The maximum absolute atomic E-state index is 2.53. The van der Waals surface area contributed by atoms with Crippen molar-refractivity contribution in [3.8, 4) is 33.4 Å². The van der Waals surface area contributed by atoms with E-state index in [1.54, 1.807) is 0 Å². The Morgan fingerprint density at radius 3 is 1.38 bits per heavy atom. The van der Waals surface area contributed by atoms with E-state index in [0.29, 0.717) is 0 Å². The zero-order chi connectivity index (χ0) is 42.6. The summed E-state index contributed by atoms with van der Waals surface area (Å²) < 4.78 is 0. The van der Waals surface area contributed by atoms with E-state index in [2.05, 4.69) is 254 Å². The first-order valence-electron chi connectivity index (χ1n) is 22.4. The van der Waals surface area contributed by atoms with Crippen molar-refractivity contribution in [1.29, 1.82) is 0 Å². The summed E-state index contributed by atoms with van der Waals surface area (Å²) in [5, 5.41) is 2.48. The van der Waals surface area contributed by atoms with Crippen LogP contribution in [0.4, 0.5) is 34.1 Å². The van der Waals surface area contributed by atoms with Gasteiger partial charge in [0.15, 0.2) is 0 Å². The van der Waals surface area contributed by atoms with Crippen LogP contribution in [0.25, 0.3) is 44.2 Å². The molecule has 1 unspecified atom stereocenters. The molecule has 0 amide bonds. The topological polar surface area (TPSA) is 6.48 Å². The highest BCUT2D eigenvalue weighted by atomic mass is 15.2. The van der Waals surface area contributed by atoms with Gasteiger partial charge in [0.05, 0.1) is 16.8 Å². The zero-order valence-corrected chi connectivity index (χ0v) is 35.8. The van der Waals surface area contributed by atoms with Gasteiger partial charge in [0.1, 0.15) is 0 Å². The molecule has 0 radical (unpaired) electrons. The van der Waals surface area contributed by atoms with E-state index in [-0.39, 0.29) is 5.41 Å². The molecule has 10 aromatic carbocycles. The average molecular weight is 817 g/mol. The zero-order valence-electron chi connectivity index (χ0n) is 35.8. The SMILES string of the molecule is CC1(C)c2ccccc2-c2cc(N(c3ccccc3)c3cccc4c3-c3ccccc3C43c4ccccc4-c4c3cc(N(c3ccccc3)c3ccccc3)c3ccccc43)ccc21. The third-order valence-corrected chi connectivity index (χ3v) is 14.4. The highest BCUT2D eigenvalue weighted by Crippen LogP contribution is 2.66. The van der Waals surface area contributed by atoms with Crippen molar-refractivity contribution in [2.45, 2.75) is 24.7 Å². The quantitative estimate of drug-likeness (QED) is 0.165. The molecule has 1 atom stereocenters. The molecule has 0 saturated carbocycles. The Kier molecular flexibility index (Phi) is 7.90. The predicted octanol–water partition coefficient (Wildman–Crippen LogP) is 16.4. The van der Waals surface area contributed by atoms with Crippen LogP contribution in [0, 0.1) is 0 Å². The normalized spacial score (nSPS) is 15.5. The molecule has 0 N–H and O–H groups in total. The third-order valence-electron chi connectivity index (χ3n) is 14.4. The summed E-state index contributed by atoms with van der Waals surface area (Å²) in [6, 6.07) is 85.7. The Hall–Kier alpha value is -7.94. The van der Waals surface area contributed by atoms with Gasteiger partial charge in [-0.15, -0.1) is 0 Å². The van der Waals surface area contributed by atoms with Crippen molar-refractivity contribution >= 4 is 44.9 Å². The number of nitrogens with zero attached hydrogens (tertiary/aromatic N) is 2. The van der Waals surface area contributed by atoms with Crippen molar-refractivity contribution < 1.29 is 0 Å². The molecular formula is C62H44N2. The van der Waals surface area contributed by atoms with E-state index >= 15 is 0 Å². The van der Waals surface area contributed by atoms with Crippen LogP contribution in [-0.2, 0) is 10.8 Å². The minimum absolute atomic E-state index is 0.0791. The fourth-order valence-electron chi connectivity index (χ4n) is 11.8. The molecule has 10 aromatic rings. The first-order valence-corrected chi connectivity index (χ1v) is 22.4. The Bertz CT molecular complexity index is 3440. The van der Waals surface area contributed by atoms with Crippen LogP contribution in [0.1, 0.15) is 47.2 Å². The molecular weight excluding hydrogens is 773 g/mol. The molecule has 3 aliphatic rings. The minimum atomic E-state index is -0.588. The second kappa shape index (κ2) is 13.8. The lowest BCUT2D eigenvalue weighted by molar-refractivity contribution is 0.660. The second-order valence-corrected chi connectivity index (χ2v) is 18.0. The third kappa shape index (κ3) is 4.97. The van der Waals surface area contributed by atoms with Crippen molar-refractivity contribution in [2.24, 2.45) is 0 Å². The van der Waals surface area contributed by atoms with Crippen molar-refractivity contribution in [1.82, 2.24) is 0 Å². The summed E-state index contributed by atoms with van der Waals surface area (Å²) in [6.07, 6.45) is 0. The van der Waals surface area contributed by atoms with Crippen molar-refractivity contribution in [3.63, 3.8) is 0 Å². The number of anilines is 6. The number of fused-ring (bicyclic) bond motifs is 15. The van der Waals surface area contributed by atoms with Gasteiger partial charge in [-0.05, 0) is 127 Å². The lowest BCUT2D eigenvalue weighted by atomic mass is 9.70. The predicted molar refractivity (Wildman–Crippen MR) is 267 cm³/mol. The molecule has 2 heteroatoms. The Morgan fingerprint density at radius 2 is 0.750 bits per heavy atom. The fourth-order valence-corrected chi connectivity index (χ4v) is 11.8. The van der Waals surface area contributed by atoms with Gasteiger partial charge >= 0.3 is 0 Å². The lowest BCUT2D eigenvalue weighted by Crippen LogP contribution is -2.26. The van der Waals surface area contributed by atoms with E-state index in [1.165, 1.54) is 83.2 Å². The van der Waals surface area contributed by atoms with Crippen LogP contribution in [-0.4, -0.2) is 0 Å². The standard InChI is InChI=1S/C62H44N2/c1-61(2)51-32-17-14-27-45(51)50-39-44(37-38-52(50)61)64(43-25-10-5-11-26-43)57-36-20-35-55-60(57)49-31-16-19-34-54(49)62(55)53-33-18-15-30-48(53)59-47-29-13-12-28-46(47)58(40-56(59)62)63(41-21-6-3-7-22-41)42-23-8-4-9-24-42/h3-40H,1-2H3. The minimum Gasteiger partial charge on any atom is -0.310 e. The van der Waals surface area contributed by atoms with Gasteiger partial charge in [0, 0.05) is 39.1 Å². The van der Waals surface area contributed by atoms with Gasteiger partial charge in [0.25, 0.3) is 0 Å². The van der Waals surface area contributed by atoms with Crippen molar-refractivity contribution in [2.75, 3.05) is 9.80 Å². The molecule has 13 rings (SSSR count). The molecule has 0 fully saturated rings. The first-order chi connectivity index (χ1) is 31.5. The summed E-state index contributed by atoms with van der Waals surface area (Å²) in [6.45, 7) is 4.72. The Balaban J connectivity index is 1.12. The van der Waals surface area contributed by atoms with E-state index in [0.717, 1.165) is 28.4 Å². The van der Waals surface area contributed by atoms with Crippen LogP contribution in [0.15, 0.2) is 231 Å². The molecule has 0 bridgehead atoms. The molecule has 0 saturated heterocycles.